The van der Waals surface area contributed by atoms with E-state index in [0.29, 0.717) is 40.6 Å². The minimum absolute atomic E-state index is 0.198. The number of hydrogen-bond acceptors (Lipinski definition) is 4. The summed E-state index contributed by atoms with van der Waals surface area (Å²) in [6.07, 6.45) is 2.05. The molecule has 4 rings (SSSR count). The fourth-order valence-corrected chi connectivity index (χ4v) is 3.56. The number of halogens is 1. The predicted octanol–water partition coefficient (Wildman–Crippen LogP) is 6.53. The summed E-state index contributed by atoms with van der Waals surface area (Å²) in [5, 5.41) is 2.93. The Morgan fingerprint density at radius 2 is 1.97 bits per heavy atom. The standard InChI is InChI=1S/C24H21IN2O3/c1-2-3-12-29-20-9-5-6-16(14-20)23(28)26-19-10-11-22-21(15-19)27-24(30-22)17-7-4-8-18(25)13-17/h4-11,13-15H,2-3,12H2,1H3,(H,26,28). The quantitative estimate of drug-likeness (QED) is 0.226. The smallest absolute Gasteiger partial charge is 0.255 e. The van der Waals surface area contributed by atoms with Gasteiger partial charge in [-0.2, -0.15) is 0 Å². The number of rotatable bonds is 7. The Morgan fingerprint density at radius 3 is 2.80 bits per heavy atom. The van der Waals surface area contributed by atoms with Gasteiger partial charge in [0.25, 0.3) is 5.91 Å². The molecule has 0 aliphatic rings. The number of aromatic nitrogens is 1. The van der Waals surface area contributed by atoms with Crippen molar-refractivity contribution in [1.82, 2.24) is 4.98 Å². The number of amides is 1. The van der Waals surface area contributed by atoms with Crippen molar-refractivity contribution in [3.8, 4) is 17.2 Å². The number of carbonyl (C=O) groups excluding carboxylic acids is 1. The number of oxazole rings is 1. The average molecular weight is 512 g/mol. The molecule has 0 aliphatic carbocycles. The molecule has 152 valence electrons. The summed E-state index contributed by atoms with van der Waals surface area (Å²) < 4.78 is 12.7. The second-order valence-electron chi connectivity index (χ2n) is 6.90. The molecule has 1 heterocycles. The maximum Gasteiger partial charge on any atom is 0.255 e. The zero-order chi connectivity index (χ0) is 20.9. The fraction of sp³-hybridized carbons (Fsp3) is 0.167. The number of benzene rings is 3. The second kappa shape index (κ2) is 9.30. The Kier molecular flexibility index (Phi) is 6.32. The van der Waals surface area contributed by atoms with Crippen molar-refractivity contribution < 1.29 is 13.9 Å². The molecule has 0 atom stereocenters. The molecule has 4 aromatic rings. The molecule has 0 saturated carbocycles. The van der Waals surface area contributed by atoms with Crippen LogP contribution >= 0.6 is 22.6 Å². The number of hydrogen-bond donors (Lipinski definition) is 1. The molecule has 0 bridgehead atoms. The van der Waals surface area contributed by atoms with Crippen LogP contribution in [0.4, 0.5) is 5.69 Å². The second-order valence-corrected chi connectivity index (χ2v) is 8.14. The van der Waals surface area contributed by atoms with Crippen LogP contribution in [0.3, 0.4) is 0 Å². The Balaban J connectivity index is 1.51. The van der Waals surface area contributed by atoms with Crippen molar-refractivity contribution >= 4 is 45.3 Å². The van der Waals surface area contributed by atoms with Gasteiger partial charge in [-0.1, -0.05) is 25.5 Å². The molecule has 0 spiro atoms. The third-order valence-electron chi connectivity index (χ3n) is 4.58. The van der Waals surface area contributed by atoms with Crippen molar-refractivity contribution in [3.05, 3.63) is 75.9 Å². The van der Waals surface area contributed by atoms with Crippen LogP contribution in [0.5, 0.6) is 5.75 Å². The number of fused-ring (bicyclic) bond motifs is 1. The summed E-state index contributed by atoms with van der Waals surface area (Å²) in [7, 11) is 0. The van der Waals surface area contributed by atoms with Crippen molar-refractivity contribution in [2.45, 2.75) is 19.8 Å². The molecule has 0 aliphatic heterocycles. The van der Waals surface area contributed by atoms with Gasteiger partial charge in [-0.25, -0.2) is 4.98 Å². The number of nitrogens with one attached hydrogen (secondary N) is 1. The molecule has 3 aromatic carbocycles. The van der Waals surface area contributed by atoms with Crippen LogP contribution in [0.15, 0.2) is 71.1 Å². The van der Waals surface area contributed by atoms with Gasteiger partial charge in [0.05, 0.1) is 6.61 Å². The first-order valence-corrected chi connectivity index (χ1v) is 10.9. The van der Waals surface area contributed by atoms with E-state index in [9.17, 15) is 4.79 Å². The molecule has 0 fully saturated rings. The van der Waals surface area contributed by atoms with Gasteiger partial charge in [-0.05, 0) is 83.6 Å². The van der Waals surface area contributed by atoms with Crippen LogP contribution in [-0.4, -0.2) is 17.5 Å². The van der Waals surface area contributed by atoms with E-state index in [1.165, 1.54) is 0 Å². The number of unbranched alkanes of at least 4 members (excludes halogenated alkanes) is 1. The van der Waals surface area contributed by atoms with Gasteiger partial charge >= 0.3 is 0 Å². The lowest BCUT2D eigenvalue weighted by molar-refractivity contribution is 0.102. The summed E-state index contributed by atoms with van der Waals surface area (Å²) in [6.45, 7) is 2.76. The van der Waals surface area contributed by atoms with Gasteiger partial charge in [0.1, 0.15) is 11.3 Å². The lowest BCUT2D eigenvalue weighted by Gasteiger charge is -2.08. The van der Waals surface area contributed by atoms with E-state index in [1.807, 2.05) is 54.6 Å². The largest absolute Gasteiger partial charge is 0.494 e. The molecular formula is C24H21IN2O3. The van der Waals surface area contributed by atoms with Crippen molar-refractivity contribution in [2.75, 3.05) is 11.9 Å². The lowest BCUT2D eigenvalue weighted by atomic mass is 10.2. The maximum atomic E-state index is 12.7. The number of anilines is 1. The van der Waals surface area contributed by atoms with Gasteiger partial charge in [0, 0.05) is 20.4 Å². The first kappa shape index (κ1) is 20.4. The molecule has 30 heavy (non-hydrogen) atoms. The van der Waals surface area contributed by atoms with Crippen molar-refractivity contribution in [1.29, 1.82) is 0 Å². The van der Waals surface area contributed by atoms with E-state index in [-0.39, 0.29) is 5.91 Å². The van der Waals surface area contributed by atoms with Gasteiger partial charge in [-0.15, -0.1) is 0 Å². The maximum absolute atomic E-state index is 12.7. The van der Waals surface area contributed by atoms with E-state index in [0.717, 1.165) is 22.0 Å². The summed E-state index contributed by atoms with van der Waals surface area (Å²) >= 11 is 2.26. The van der Waals surface area contributed by atoms with E-state index in [4.69, 9.17) is 9.15 Å². The minimum atomic E-state index is -0.198. The zero-order valence-corrected chi connectivity index (χ0v) is 18.7. The molecule has 1 aromatic heterocycles. The number of carbonyl (C=O) groups is 1. The first-order valence-electron chi connectivity index (χ1n) is 9.83. The Morgan fingerprint density at radius 1 is 1.10 bits per heavy atom. The summed E-state index contributed by atoms with van der Waals surface area (Å²) in [6, 6.07) is 20.6. The van der Waals surface area contributed by atoms with E-state index in [2.05, 4.69) is 39.8 Å². The van der Waals surface area contributed by atoms with Crippen LogP contribution in [0.25, 0.3) is 22.6 Å². The highest BCUT2D eigenvalue weighted by Gasteiger charge is 2.12. The first-order chi connectivity index (χ1) is 14.6. The van der Waals surface area contributed by atoms with Crippen LogP contribution < -0.4 is 10.1 Å². The van der Waals surface area contributed by atoms with Crippen LogP contribution in [0.2, 0.25) is 0 Å². The Labute approximate surface area is 188 Å². The minimum Gasteiger partial charge on any atom is -0.494 e. The van der Waals surface area contributed by atoms with Crippen molar-refractivity contribution in [2.24, 2.45) is 0 Å². The Bertz CT molecular complexity index is 1190. The van der Waals surface area contributed by atoms with Crippen molar-refractivity contribution in [3.63, 3.8) is 0 Å². The van der Waals surface area contributed by atoms with Gasteiger partial charge in [0.2, 0.25) is 5.89 Å². The number of nitrogens with zero attached hydrogens (tertiary/aromatic N) is 1. The highest BCUT2D eigenvalue weighted by atomic mass is 127. The summed E-state index contributed by atoms with van der Waals surface area (Å²) in [5.74, 6) is 1.06. The van der Waals surface area contributed by atoms with Gasteiger partial charge in [0.15, 0.2) is 5.58 Å². The van der Waals surface area contributed by atoms with Crippen LogP contribution in [0, 0.1) is 3.57 Å². The summed E-state index contributed by atoms with van der Waals surface area (Å²) in [4.78, 5) is 17.3. The Hall–Kier alpha value is -2.87. The topological polar surface area (TPSA) is 64.4 Å². The SMILES string of the molecule is CCCCOc1cccc(C(=O)Nc2ccc3oc(-c4cccc(I)c4)nc3c2)c1. The van der Waals surface area contributed by atoms with E-state index >= 15 is 0 Å². The molecule has 1 amide bonds. The molecular weight excluding hydrogens is 491 g/mol. The highest BCUT2D eigenvalue weighted by Crippen LogP contribution is 2.27. The molecule has 0 saturated heterocycles. The molecule has 5 nitrogen and oxygen atoms in total. The summed E-state index contributed by atoms with van der Waals surface area (Å²) in [5.41, 5.74) is 3.49. The molecule has 0 radical (unpaired) electrons. The van der Waals surface area contributed by atoms with Crippen LogP contribution in [-0.2, 0) is 0 Å². The lowest BCUT2D eigenvalue weighted by Crippen LogP contribution is -2.12. The predicted molar refractivity (Wildman–Crippen MR) is 127 cm³/mol. The zero-order valence-electron chi connectivity index (χ0n) is 16.5. The van der Waals surface area contributed by atoms with Crippen LogP contribution in [0.1, 0.15) is 30.1 Å². The molecule has 6 heteroatoms. The van der Waals surface area contributed by atoms with E-state index < -0.39 is 0 Å². The molecule has 0 unspecified atom stereocenters. The third kappa shape index (κ3) is 4.81. The normalized spacial score (nSPS) is 10.9. The fourth-order valence-electron chi connectivity index (χ4n) is 3.01. The highest BCUT2D eigenvalue weighted by molar-refractivity contribution is 14.1. The molecule has 1 N–H and O–H groups in total. The third-order valence-corrected chi connectivity index (χ3v) is 5.25. The number of ether oxygens (including phenoxy) is 1. The van der Waals surface area contributed by atoms with Gasteiger partial charge in [-0.3, -0.25) is 4.79 Å². The average Bonchev–Trinajstić information content (AvgIpc) is 3.18. The van der Waals surface area contributed by atoms with Gasteiger partial charge < -0.3 is 14.5 Å². The monoisotopic (exact) mass is 512 g/mol. The van der Waals surface area contributed by atoms with E-state index in [1.54, 1.807) is 12.1 Å².